The van der Waals surface area contributed by atoms with Gasteiger partial charge in [0.15, 0.2) is 17.3 Å². The third kappa shape index (κ3) is 9.69. The molecule has 3 amide bonds. The van der Waals surface area contributed by atoms with Gasteiger partial charge in [-0.15, -0.1) is 11.3 Å². The standard InChI is InChI=1S/C31H39N5O6S/c1-31(2,3)42-30(39)34-25-20-43-19-22(25)15-26(37)24-9-7-21(17-32-24)18-36(12-6-11-35(4)5)29(38)33-23-8-10-27-28(16-23)41-14-13-40-27/h7-10,16-17,19-20H,6,11-15,18H2,1-5H3,(H,33,38)(H,34,39). The second kappa shape index (κ2) is 14.3. The van der Waals surface area contributed by atoms with Crippen LogP contribution in [0.5, 0.6) is 11.5 Å². The predicted molar refractivity (Wildman–Crippen MR) is 166 cm³/mol. The van der Waals surface area contributed by atoms with Crippen LogP contribution < -0.4 is 20.1 Å². The molecule has 3 heterocycles. The maximum Gasteiger partial charge on any atom is 0.412 e. The Bertz CT molecular complexity index is 1420. The Morgan fingerprint density at radius 1 is 1.00 bits per heavy atom. The molecule has 3 aromatic rings. The Labute approximate surface area is 256 Å². The number of nitrogens with zero attached hydrogens (tertiary/aromatic N) is 3. The maximum atomic E-state index is 13.3. The number of hydrogen-bond donors (Lipinski definition) is 2. The van der Waals surface area contributed by atoms with Crippen LogP contribution in [0.3, 0.4) is 0 Å². The lowest BCUT2D eigenvalue weighted by atomic mass is 10.1. The molecule has 0 bridgehead atoms. The molecule has 0 unspecified atom stereocenters. The van der Waals surface area contributed by atoms with Gasteiger partial charge in [-0.1, -0.05) is 6.07 Å². The molecule has 0 spiro atoms. The molecule has 0 aliphatic carbocycles. The molecule has 2 N–H and O–H groups in total. The molecule has 1 aromatic carbocycles. The van der Waals surface area contributed by atoms with Crippen LogP contribution in [0.25, 0.3) is 0 Å². The van der Waals surface area contributed by atoms with Crippen LogP contribution in [0.4, 0.5) is 21.0 Å². The molecular weight excluding hydrogens is 570 g/mol. The van der Waals surface area contributed by atoms with Crippen molar-refractivity contribution in [3.8, 4) is 11.5 Å². The number of hydrogen-bond acceptors (Lipinski definition) is 9. The van der Waals surface area contributed by atoms with Crippen molar-refractivity contribution < 1.29 is 28.6 Å². The average Bonchev–Trinajstić information content (AvgIpc) is 3.37. The van der Waals surface area contributed by atoms with Crippen molar-refractivity contribution in [2.45, 2.75) is 45.8 Å². The number of anilines is 2. The van der Waals surface area contributed by atoms with Gasteiger partial charge in [0, 0.05) is 42.8 Å². The average molecular weight is 610 g/mol. The fourth-order valence-electron chi connectivity index (χ4n) is 4.30. The summed E-state index contributed by atoms with van der Waals surface area (Å²) in [5.74, 6) is 1.07. The fraction of sp³-hybridized carbons (Fsp3) is 0.419. The summed E-state index contributed by atoms with van der Waals surface area (Å²) < 4.78 is 16.5. The van der Waals surface area contributed by atoms with E-state index in [1.165, 1.54) is 11.3 Å². The zero-order chi connectivity index (χ0) is 31.0. The van der Waals surface area contributed by atoms with Crippen LogP contribution in [0.2, 0.25) is 0 Å². The predicted octanol–water partition coefficient (Wildman–Crippen LogP) is 5.67. The number of urea groups is 1. The second-order valence-corrected chi connectivity index (χ2v) is 12.2. The number of carbonyl (C=O) groups is 3. The minimum atomic E-state index is -0.629. The number of fused-ring (bicyclic) bond motifs is 1. The van der Waals surface area contributed by atoms with Crippen molar-refractivity contribution >= 4 is 40.6 Å². The summed E-state index contributed by atoms with van der Waals surface area (Å²) in [5, 5.41) is 9.27. The first-order chi connectivity index (χ1) is 20.5. The largest absolute Gasteiger partial charge is 0.486 e. The third-order valence-electron chi connectivity index (χ3n) is 6.33. The van der Waals surface area contributed by atoms with Gasteiger partial charge in [0.2, 0.25) is 0 Å². The Balaban J connectivity index is 1.39. The normalized spacial score (nSPS) is 12.5. The van der Waals surface area contributed by atoms with Crippen molar-refractivity contribution in [2.75, 3.05) is 51.0 Å². The van der Waals surface area contributed by atoms with Gasteiger partial charge < -0.3 is 29.3 Å². The van der Waals surface area contributed by atoms with Crippen LogP contribution in [-0.2, 0) is 17.7 Å². The molecule has 4 rings (SSSR count). The highest BCUT2D eigenvalue weighted by Crippen LogP contribution is 2.32. The number of rotatable bonds is 11. The lowest BCUT2D eigenvalue weighted by molar-refractivity contribution is 0.0635. The lowest BCUT2D eigenvalue weighted by Crippen LogP contribution is -2.36. The van der Waals surface area contributed by atoms with Gasteiger partial charge in [-0.25, -0.2) is 9.59 Å². The Morgan fingerprint density at radius 2 is 1.77 bits per heavy atom. The topological polar surface area (TPSA) is 122 Å². The Hall–Kier alpha value is -4.16. The molecule has 12 heteroatoms. The van der Waals surface area contributed by atoms with E-state index in [9.17, 15) is 14.4 Å². The van der Waals surface area contributed by atoms with Crippen LogP contribution in [0.1, 0.15) is 48.8 Å². The van der Waals surface area contributed by atoms with Crippen LogP contribution in [0, 0.1) is 0 Å². The molecule has 0 saturated carbocycles. The van der Waals surface area contributed by atoms with Crippen molar-refractivity contribution in [1.29, 1.82) is 0 Å². The molecule has 230 valence electrons. The van der Waals surface area contributed by atoms with E-state index >= 15 is 0 Å². The third-order valence-corrected chi connectivity index (χ3v) is 7.12. The van der Waals surface area contributed by atoms with E-state index in [2.05, 4.69) is 20.5 Å². The molecule has 0 saturated heterocycles. The van der Waals surface area contributed by atoms with E-state index in [-0.39, 0.29) is 18.2 Å². The molecule has 11 nitrogen and oxygen atoms in total. The van der Waals surface area contributed by atoms with Gasteiger partial charge in [0.25, 0.3) is 0 Å². The zero-order valence-electron chi connectivity index (χ0n) is 25.3. The minimum absolute atomic E-state index is 0.0789. The number of nitrogens with one attached hydrogen (secondary N) is 2. The van der Waals surface area contributed by atoms with Gasteiger partial charge in [0.1, 0.15) is 24.5 Å². The summed E-state index contributed by atoms with van der Waals surface area (Å²) in [6.45, 7) is 8.00. The monoisotopic (exact) mass is 609 g/mol. The summed E-state index contributed by atoms with van der Waals surface area (Å²) in [5.41, 5.74) is 2.31. The summed E-state index contributed by atoms with van der Waals surface area (Å²) >= 11 is 1.39. The number of aromatic nitrogens is 1. The number of pyridine rings is 1. The van der Waals surface area contributed by atoms with Gasteiger partial charge in [-0.2, -0.15) is 0 Å². The number of carbonyl (C=O) groups excluding carboxylic acids is 3. The summed E-state index contributed by atoms with van der Waals surface area (Å²) in [6, 6.07) is 8.55. The molecule has 1 aliphatic heterocycles. The number of ether oxygens (including phenoxy) is 3. The van der Waals surface area contributed by atoms with E-state index in [1.54, 1.807) is 61.5 Å². The van der Waals surface area contributed by atoms with Crippen LogP contribution >= 0.6 is 11.3 Å². The maximum absolute atomic E-state index is 13.3. The fourth-order valence-corrected chi connectivity index (χ4v) is 5.09. The number of amides is 3. The van der Waals surface area contributed by atoms with E-state index in [1.807, 2.05) is 25.5 Å². The van der Waals surface area contributed by atoms with Crippen LogP contribution in [-0.4, -0.2) is 78.7 Å². The molecule has 1 aliphatic rings. The van der Waals surface area contributed by atoms with E-state index in [0.717, 1.165) is 18.5 Å². The minimum Gasteiger partial charge on any atom is -0.486 e. The van der Waals surface area contributed by atoms with Gasteiger partial charge in [-0.05, 0) is 82.5 Å². The molecule has 0 radical (unpaired) electrons. The molecule has 0 atom stereocenters. The van der Waals surface area contributed by atoms with E-state index in [0.29, 0.717) is 60.4 Å². The zero-order valence-corrected chi connectivity index (χ0v) is 26.1. The number of Topliss-reactive ketones (excluding diaryl/α,β-unsaturated/α-hetero) is 1. The molecular formula is C31H39N5O6S. The van der Waals surface area contributed by atoms with Crippen LogP contribution in [0.15, 0.2) is 47.3 Å². The first kappa shape index (κ1) is 31.8. The smallest absolute Gasteiger partial charge is 0.412 e. The quantitative estimate of drug-likeness (QED) is 0.267. The highest BCUT2D eigenvalue weighted by molar-refractivity contribution is 7.08. The van der Waals surface area contributed by atoms with Crippen molar-refractivity contribution in [1.82, 2.24) is 14.8 Å². The Kier molecular flexibility index (Phi) is 10.6. The number of thiophene rings is 1. The Morgan fingerprint density at radius 3 is 2.47 bits per heavy atom. The highest BCUT2D eigenvalue weighted by atomic mass is 32.1. The first-order valence-corrected chi connectivity index (χ1v) is 15.0. The molecule has 0 fully saturated rings. The highest BCUT2D eigenvalue weighted by Gasteiger charge is 2.20. The van der Waals surface area contributed by atoms with Gasteiger partial charge in [-0.3, -0.25) is 15.1 Å². The van der Waals surface area contributed by atoms with E-state index in [4.69, 9.17) is 14.2 Å². The molecule has 2 aromatic heterocycles. The van der Waals surface area contributed by atoms with E-state index < -0.39 is 11.7 Å². The van der Waals surface area contributed by atoms with Gasteiger partial charge >= 0.3 is 12.1 Å². The SMILES string of the molecule is CN(C)CCCN(Cc1ccc(C(=O)Cc2cscc2NC(=O)OC(C)(C)C)nc1)C(=O)Nc1ccc2c(c1)OCCO2. The summed E-state index contributed by atoms with van der Waals surface area (Å²) in [6.07, 6.45) is 1.91. The molecule has 43 heavy (non-hydrogen) atoms. The second-order valence-electron chi connectivity index (χ2n) is 11.5. The van der Waals surface area contributed by atoms with Crippen molar-refractivity contribution in [2.24, 2.45) is 0 Å². The summed E-state index contributed by atoms with van der Waals surface area (Å²) in [4.78, 5) is 46.7. The van der Waals surface area contributed by atoms with Crippen molar-refractivity contribution in [3.63, 3.8) is 0 Å². The number of benzene rings is 1. The summed E-state index contributed by atoms with van der Waals surface area (Å²) in [7, 11) is 3.98. The number of ketones is 1. The van der Waals surface area contributed by atoms with Gasteiger partial charge in [0.05, 0.1) is 5.69 Å². The van der Waals surface area contributed by atoms with Crippen molar-refractivity contribution in [3.05, 3.63) is 64.1 Å². The lowest BCUT2D eigenvalue weighted by Gasteiger charge is -2.25. The first-order valence-electron chi connectivity index (χ1n) is 14.1.